The highest BCUT2D eigenvalue weighted by Crippen LogP contribution is 2.31. The molecule has 0 aliphatic rings. The van der Waals surface area contributed by atoms with Gasteiger partial charge in [-0.05, 0) is 53.9 Å². The first-order chi connectivity index (χ1) is 15.3. The number of carboxylic acid groups (broad SMARTS) is 1. The normalized spacial score (nSPS) is 11.2. The van der Waals surface area contributed by atoms with Crippen LogP contribution >= 0.6 is 11.6 Å². The van der Waals surface area contributed by atoms with Gasteiger partial charge < -0.3 is 14.6 Å². The molecule has 0 aromatic heterocycles. The molecule has 7 nitrogen and oxygen atoms in total. The Balaban J connectivity index is 1.83. The van der Waals surface area contributed by atoms with Crippen LogP contribution in [0.3, 0.4) is 0 Å². The van der Waals surface area contributed by atoms with E-state index in [2.05, 4.69) is 4.72 Å². The van der Waals surface area contributed by atoms with Gasteiger partial charge >= 0.3 is 5.97 Å². The van der Waals surface area contributed by atoms with E-state index in [0.29, 0.717) is 23.6 Å². The van der Waals surface area contributed by atoms with Crippen LogP contribution in [-0.2, 0) is 27.8 Å². The Hall–Kier alpha value is -3.07. The Labute approximate surface area is 191 Å². The molecule has 0 saturated carbocycles. The number of carbonyl (C=O) groups is 1. The van der Waals surface area contributed by atoms with Gasteiger partial charge in [-0.3, -0.25) is 4.72 Å². The number of anilines is 1. The molecule has 2 N–H and O–H groups in total. The third-order valence-electron chi connectivity index (χ3n) is 4.62. The van der Waals surface area contributed by atoms with E-state index in [4.69, 9.17) is 26.2 Å². The molecule has 9 heteroatoms. The van der Waals surface area contributed by atoms with Crippen LogP contribution in [0, 0.1) is 0 Å². The smallest absolute Gasteiger partial charge is 0.335 e. The van der Waals surface area contributed by atoms with E-state index in [1.165, 1.54) is 24.3 Å². The predicted octanol–water partition coefficient (Wildman–Crippen LogP) is 4.61. The molecule has 0 atom stereocenters. The van der Waals surface area contributed by atoms with Crippen molar-refractivity contribution >= 4 is 33.3 Å². The number of hydrogen-bond acceptors (Lipinski definition) is 5. The zero-order chi connectivity index (χ0) is 23.1. The molecule has 0 fully saturated rings. The Morgan fingerprint density at radius 1 is 1.06 bits per heavy atom. The summed E-state index contributed by atoms with van der Waals surface area (Å²) in [5, 5.41) is 9.34. The highest BCUT2D eigenvalue weighted by atomic mass is 35.5. The molecule has 0 amide bonds. The summed E-state index contributed by atoms with van der Waals surface area (Å²) in [6.07, 6.45) is 0.443. The fourth-order valence-corrected chi connectivity index (χ4v) is 4.50. The summed E-state index contributed by atoms with van der Waals surface area (Å²) < 4.78 is 39.7. The van der Waals surface area contributed by atoms with Crippen LogP contribution in [0.25, 0.3) is 0 Å². The average molecular weight is 476 g/mol. The third kappa shape index (κ3) is 6.00. The number of halogens is 1. The third-order valence-corrected chi connectivity index (χ3v) is 6.32. The number of hydrogen-bond donors (Lipinski definition) is 2. The molecular formula is C23H22ClNO6S. The second kappa shape index (κ2) is 10.5. The minimum absolute atomic E-state index is 0.112. The molecule has 0 heterocycles. The molecule has 0 unspecified atom stereocenters. The number of aromatic carboxylic acids is 1. The lowest BCUT2D eigenvalue weighted by molar-refractivity contribution is 0.0697. The molecule has 0 spiro atoms. The van der Waals surface area contributed by atoms with Gasteiger partial charge in [-0.2, -0.15) is 0 Å². The monoisotopic (exact) mass is 475 g/mol. The number of ether oxygens (including phenoxy) is 2. The van der Waals surface area contributed by atoms with Crippen molar-refractivity contribution < 1.29 is 27.8 Å². The molecular weight excluding hydrogens is 454 g/mol. The van der Waals surface area contributed by atoms with Gasteiger partial charge in [0.1, 0.15) is 12.4 Å². The Morgan fingerprint density at radius 3 is 2.47 bits per heavy atom. The van der Waals surface area contributed by atoms with Gasteiger partial charge in [0.2, 0.25) is 0 Å². The molecule has 0 radical (unpaired) electrons. The summed E-state index contributed by atoms with van der Waals surface area (Å²) in [7, 11) is -2.37. The molecule has 168 valence electrons. The molecule has 32 heavy (non-hydrogen) atoms. The summed E-state index contributed by atoms with van der Waals surface area (Å²) in [4.78, 5) is 11.1. The van der Waals surface area contributed by atoms with Gasteiger partial charge in [0, 0.05) is 12.1 Å². The zero-order valence-electron chi connectivity index (χ0n) is 17.2. The van der Waals surface area contributed by atoms with Crippen LogP contribution in [0.4, 0.5) is 5.69 Å². The standard InChI is InChI=1S/C23H22ClNO6S/c1-30-13-12-17-4-2-3-5-22(17)32(28,29)25-20-14-19(24)10-11-21(20)31-15-16-6-8-18(9-7-16)23(26)27/h2-11,14,25H,12-13,15H2,1H3,(H,26,27). The summed E-state index contributed by atoms with van der Waals surface area (Å²) in [5.74, 6) is -0.729. The van der Waals surface area contributed by atoms with Crippen molar-refractivity contribution in [2.45, 2.75) is 17.9 Å². The van der Waals surface area contributed by atoms with Gasteiger partial charge in [-0.1, -0.05) is 41.9 Å². The molecule has 3 rings (SSSR count). The van der Waals surface area contributed by atoms with Gasteiger partial charge in [-0.15, -0.1) is 0 Å². The van der Waals surface area contributed by atoms with Crippen LogP contribution in [0.2, 0.25) is 5.02 Å². The quantitative estimate of drug-likeness (QED) is 0.444. The summed E-state index contributed by atoms with van der Waals surface area (Å²) in [6, 6.07) is 17.6. The largest absolute Gasteiger partial charge is 0.487 e. The van der Waals surface area contributed by atoms with Gasteiger partial charge in [0.15, 0.2) is 0 Å². The lowest BCUT2D eigenvalue weighted by Gasteiger charge is -2.16. The van der Waals surface area contributed by atoms with Crippen LogP contribution < -0.4 is 9.46 Å². The van der Waals surface area contributed by atoms with Gasteiger partial charge in [0.05, 0.1) is 22.8 Å². The lowest BCUT2D eigenvalue weighted by atomic mass is 10.1. The number of benzene rings is 3. The highest BCUT2D eigenvalue weighted by molar-refractivity contribution is 7.92. The highest BCUT2D eigenvalue weighted by Gasteiger charge is 2.20. The lowest BCUT2D eigenvalue weighted by Crippen LogP contribution is -2.16. The van der Waals surface area contributed by atoms with E-state index < -0.39 is 16.0 Å². The van der Waals surface area contributed by atoms with Gasteiger partial charge in [-0.25, -0.2) is 13.2 Å². The topological polar surface area (TPSA) is 102 Å². The zero-order valence-corrected chi connectivity index (χ0v) is 18.8. The first-order valence-corrected chi connectivity index (χ1v) is 11.5. The maximum atomic E-state index is 13.1. The first-order valence-electron chi connectivity index (χ1n) is 9.64. The molecule has 3 aromatic carbocycles. The van der Waals surface area contributed by atoms with Crippen molar-refractivity contribution in [1.29, 1.82) is 0 Å². The van der Waals surface area contributed by atoms with Crippen molar-refractivity contribution in [1.82, 2.24) is 0 Å². The second-order valence-electron chi connectivity index (χ2n) is 6.89. The van der Waals surface area contributed by atoms with E-state index in [9.17, 15) is 13.2 Å². The fourth-order valence-electron chi connectivity index (χ4n) is 3.00. The van der Waals surface area contributed by atoms with Crippen molar-refractivity contribution in [2.75, 3.05) is 18.4 Å². The molecule has 0 aliphatic carbocycles. The summed E-state index contributed by atoms with van der Waals surface area (Å²) in [5.41, 5.74) is 1.72. The van der Waals surface area contributed by atoms with E-state index in [0.717, 1.165) is 5.56 Å². The minimum atomic E-state index is -3.92. The average Bonchev–Trinajstić information content (AvgIpc) is 2.77. The number of nitrogens with one attached hydrogen (secondary N) is 1. The van der Waals surface area contributed by atoms with E-state index in [1.54, 1.807) is 49.6 Å². The van der Waals surface area contributed by atoms with E-state index >= 15 is 0 Å². The maximum absolute atomic E-state index is 13.1. The first kappa shape index (κ1) is 23.6. The Kier molecular flexibility index (Phi) is 7.74. The SMILES string of the molecule is COCCc1ccccc1S(=O)(=O)Nc1cc(Cl)ccc1OCc1ccc(C(=O)O)cc1. The van der Waals surface area contributed by atoms with Crippen LogP contribution in [0.1, 0.15) is 21.5 Å². The Morgan fingerprint density at radius 2 is 1.78 bits per heavy atom. The van der Waals surface area contributed by atoms with Crippen LogP contribution in [0.15, 0.2) is 71.6 Å². The Bertz CT molecular complexity index is 1200. The maximum Gasteiger partial charge on any atom is 0.335 e. The van der Waals surface area contributed by atoms with E-state index in [1.807, 2.05) is 0 Å². The summed E-state index contributed by atoms with van der Waals surface area (Å²) >= 11 is 6.09. The van der Waals surface area contributed by atoms with Crippen molar-refractivity contribution in [2.24, 2.45) is 0 Å². The molecule has 0 saturated heterocycles. The fraction of sp³-hybridized carbons (Fsp3) is 0.174. The number of sulfonamides is 1. The summed E-state index contributed by atoms with van der Waals surface area (Å²) in [6.45, 7) is 0.499. The van der Waals surface area contributed by atoms with Crippen molar-refractivity contribution in [3.63, 3.8) is 0 Å². The number of rotatable bonds is 10. The molecule has 3 aromatic rings. The molecule has 0 aliphatic heterocycles. The van der Waals surface area contributed by atoms with E-state index in [-0.39, 0.29) is 28.5 Å². The molecule has 0 bridgehead atoms. The van der Waals surface area contributed by atoms with Crippen molar-refractivity contribution in [3.05, 3.63) is 88.4 Å². The van der Waals surface area contributed by atoms with Crippen molar-refractivity contribution in [3.8, 4) is 5.75 Å². The van der Waals surface area contributed by atoms with Gasteiger partial charge in [0.25, 0.3) is 10.0 Å². The second-order valence-corrected chi connectivity index (χ2v) is 8.97. The van der Waals surface area contributed by atoms with Crippen LogP contribution in [-0.4, -0.2) is 33.2 Å². The predicted molar refractivity (Wildman–Crippen MR) is 122 cm³/mol. The number of methoxy groups -OCH3 is 1. The number of carboxylic acids is 1. The van der Waals surface area contributed by atoms with Crippen LogP contribution in [0.5, 0.6) is 5.75 Å². The minimum Gasteiger partial charge on any atom is -0.487 e.